The zero-order valence-electron chi connectivity index (χ0n) is 8.22. The molecule has 12 heavy (non-hydrogen) atoms. The van der Waals surface area contributed by atoms with Gasteiger partial charge in [0.25, 0.3) is 0 Å². The van der Waals surface area contributed by atoms with Crippen LogP contribution in [0.5, 0.6) is 0 Å². The van der Waals surface area contributed by atoms with E-state index in [4.69, 9.17) is 0 Å². The number of carbonyl (C=O) groups is 1. The van der Waals surface area contributed by atoms with Gasteiger partial charge in [0.15, 0.2) is 0 Å². The van der Waals surface area contributed by atoms with Crippen LogP contribution in [-0.2, 0) is 9.53 Å². The van der Waals surface area contributed by atoms with Crippen LogP contribution in [0, 0.1) is 0 Å². The van der Waals surface area contributed by atoms with Crippen molar-refractivity contribution >= 4 is 5.97 Å². The lowest BCUT2D eigenvalue weighted by Gasteiger charge is -2.04. The highest BCUT2D eigenvalue weighted by Crippen LogP contribution is 2.05. The third-order valence-corrected chi connectivity index (χ3v) is 1.55. The Morgan fingerprint density at radius 1 is 1.58 bits per heavy atom. The van der Waals surface area contributed by atoms with E-state index in [1.54, 1.807) is 0 Å². The van der Waals surface area contributed by atoms with E-state index < -0.39 is 0 Å². The van der Waals surface area contributed by atoms with E-state index in [0.29, 0.717) is 0 Å². The SMILES string of the molecule is CCC.COC(=O)C1CCCN1. The van der Waals surface area contributed by atoms with Crippen LogP contribution in [0.15, 0.2) is 0 Å². The van der Waals surface area contributed by atoms with Gasteiger partial charge < -0.3 is 10.1 Å². The molecule has 0 radical (unpaired) electrons. The molecular formula is C9H19NO2. The number of hydrogen-bond donors (Lipinski definition) is 1. The van der Waals surface area contributed by atoms with Gasteiger partial charge in [0.05, 0.1) is 7.11 Å². The number of hydrogen-bond acceptors (Lipinski definition) is 3. The minimum absolute atomic E-state index is 0.0324. The van der Waals surface area contributed by atoms with Crippen molar-refractivity contribution in [2.75, 3.05) is 13.7 Å². The van der Waals surface area contributed by atoms with Gasteiger partial charge in [-0.05, 0) is 19.4 Å². The van der Waals surface area contributed by atoms with Crippen molar-refractivity contribution in [2.45, 2.75) is 39.2 Å². The molecule has 1 unspecified atom stereocenters. The third kappa shape index (κ3) is 4.34. The fourth-order valence-corrected chi connectivity index (χ4v) is 1.03. The molecule has 0 saturated carbocycles. The Bertz CT molecular complexity index is 120. The average molecular weight is 173 g/mol. The van der Waals surface area contributed by atoms with Crippen molar-refractivity contribution in [2.24, 2.45) is 0 Å². The van der Waals surface area contributed by atoms with Crippen LogP contribution >= 0.6 is 0 Å². The molecule has 72 valence electrons. The molecule has 0 amide bonds. The van der Waals surface area contributed by atoms with Crippen molar-refractivity contribution < 1.29 is 9.53 Å². The second-order valence-corrected chi connectivity index (χ2v) is 2.88. The quantitative estimate of drug-likeness (QED) is 0.608. The first-order chi connectivity index (χ1) is 5.76. The molecule has 1 aliphatic rings. The summed E-state index contributed by atoms with van der Waals surface area (Å²) < 4.78 is 4.53. The molecule has 1 aliphatic heterocycles. The number of methoxy groups -OCH3 is 1. The summed E-state index contributed by atoms with van der Waals surface area (Å²) in [5.41, 5.74) is 0. The summed E-state index contributed by atoms with van der Waals surface area (Å²) in [6, 6.07) is -0.0324. The summed E-state index contributed by atoms with van der Waals surface area (Å²) in [4.78, 5) is 10.7. The summed E-state index contributed by atoms with van der Waals surface area (Å²) in [6.07, 6.45) is 3.26. The Balaban J connectivity index is 0.000000354. The van der Waals surface area contributed by atoms with Gasteiger partial charge in [-0.2, -0.15) is 0 Å². The fraction of sp³-hybridized carbons (Fsp3) is 0.889. The first kappa shape index (κ1) is 11.4. The third-order valence-electron chi connectivity index (χ3n) is 1.55. The highest BCUT2D eigenvalue weighted by Gasteiger charge is 2.21. The van der Waals surface area contributed by atoms with E-state index in [-0.39, 0.29) is 12.0 Å². The molecule has 1 rings (SSSR count). The van der Waals surface area contributed by atoms with Crippen LogP contribution < -0.4 is 5.32 Å². The van der Waals surface area contributed by atoms with Crippen molar-refractivity contribution in [3.05, 3.63) is 0 Å². The predicted molar refractivity (Wildman–Crippen MR) is 49.0 cm³/mol. The fourth-order valence-electron chi connectivity index (χ4n) is 1.03. The zero-order chi connectivity index (χ0) is 9.40. The second-order valence-electron chi connectivity index (χ2n) is 2.88. The van der Waals surface area contributed by atoms with Gasteiger partial charge in [0.1, 0.15) is 6.04 Å². The molecular weight excluding hydrogens is 154 g/mol. The van der Waals surface area contributed by atoms with Gasteiger partial charge in [0, 0.05) is 0 Å². The normalized spacial score (nSPS) is 21.1. The summed E-state index contributed by atoms with van der Waals surface area (Å²) in [5.74, 6) is -0.132. The first-order valence-electron chi connectivity index (χ1n) is 4.57. The first-order valence-corrected chi connectivity index (χ1v) is 4.57. The van der Waals surface area contributed by atoms with Gasteiger partial charge in [-0.25, -0.2) is 0 Å². The van der Waals surface area contributed by atoms with E-state index in [9.17, 15) is 4.79 Å². The molecule has 1 fully saturated rings. The Labute approximate surface area is 74.5 Å². The number of carbonyl (C=O) groups excluding carboxylic acids is 1. The van der Waals surface area contributed by atoms with Crippen LogP contribution in [0.4, 0.5) is 0 Å². The molecule has 0 aliphatic carbocycles. The van der Waals surface area contributed by atoms with Gasteiger partial charge in [-0.1, -0.05) is 20.3 Å². The van der Waals surface area contributed by atoms with Crippen molar-refractivity contribution in [1.82, 2.24) is 5.32 Å². The monoisotopic (exact) mass is 173 g/mol. The lowest BCUT2D eigenvalue weighted by molar-refractivity contribution is -0.142. The Morgan fingerprint density at radius 3 is 2.50 bits per heavy atom. The number of rotatable bonds is 1. The maximum atomic E-state index is 10.7. The zero-order valence-corrected chi connectivity index (χ0v) is 8.22. The molecule has 0 spiro atoms. The van der Waals surface area contributed by atoms with Crippen LogP contribution in [0.2, 0.25) is 0 Å². The molecule has 3 heteroatoms. The maximum absolute atomic E-state index is 10.7. The molecule has 0 aromatic carbocycles. The standard InChI is InChI=1S/C6H11NO2.C3H8/c1-9-6(8)5-3-2-4-7-5;1-3-2/h5,7H,2-4H2,1H3;3H2,1-2H3. The molecule has 1 saturated heterocycles. The molecule has 0 aromatic rings. The summed E-state index contributed by atoms with van der Waals surface area (Å²) in [6.45, 7) is 5.19. The van der Waals surface area contributed by atoms with Gasteiger partial charge >= 0.3 is 5.97 Å². The number of nitrogens with one attached hydrogen (secondary N) is 1. The van der Waals surface area contributed by atoms with Gasteiger partial charge in [-0.3, -0.25) is 4.79 Å². The molecule has 1 heterocycles. The smallest absolute Gasteiger partial charge is 0.322 e. The van der Waals surface area contributed by atoms with Gasteiger partial charge in [-0.15, -0.1) is 0 Å². The lowest BCUT2D eigenvalue weighted by Crippen LogP contribution is -2.31. The van der Waals surface area contributed by atoms with E-state index in [0.717, 1.165) is 19.4 Å². The van der Waals surface area contributed by atoms with Crippen LogP contribution in [0.3, 0.4) is 0 Å². The van der Waals surface area contributed by atoms with E-state index in [2.05, 4.69) is 23.9 Å². The second kappa shape index (κ2) is 7.10. The highest BCUT2D eigenvalue weighted by molar-refractivity contribution is 5.75. The predicted octanol–water partition coefficient (Wildman–Crippen LogP) is 1.33. The Hall–Kier alpha value is -0.570. The molecule has 1 N–H and O–H groups in total. The lowest BCUT2D eigenvalue weighted by atomic mass is 10.2. The van der Waals surface area contributed by atoms with E-state index >= 15 is 0 Å². The molecule has 0 aromatic heterocycles. The average Bonchev–Trinajstić information content (AvgIpc) is 2.56. The number of esters is 1. The minimum atomic E-state index is -0.132. The topological polar surface area (TPSA) is 38.3 Å². The molecule has 0 bridgehead atoms. The van der Waals surface area contributed by atoms with Crippen molar-refractivity contribution in [3.8, 4) is 0 Å². The largest absolute Gasteiger partial charge is 0.468 e. The summed E-state index contributed by atoms with van der Waals surface area (Å²) >= 11 is 0. The van der Waals surface area contributed by atoms with E-state index in [1.165, 1.54) is 13.5 Å². The molecule has 3 nitrogen and oxygen atoms in total. The van der Waals surface area contributed by atoms with Crippen molar-refractivity contribution in [3.63, 3.8) is 0 Å². The Kier molecular flexibility index (Phi) is 6.76. The van der Waals surface area contributed by atoms with E-state index in [1.807, 2.05) is 0 Å². The van der Waals surface area contributed by atoms with Crippen LogP contribution in [-0.4, -0.2) is 25.7 Å². The minimum Gasteiger partial charge on any atom is -0.468 e. The summed E-state index contributed by atoms with van der Waals surface area (Å²) in [7, 11) is 1.42. The number of ether oxygens (including phenoxy) is 1. The van der Waals surface area contributed by atoms with Crippen LogP contribution in [0.1, 0.15) is 33.1 Å². The van der Waals surface area contributed by atoms with Gasteiger partial charge in [0.2, 0.25) is 0 Å². The maximum Gasteiger partial charge on any atom is 0.322 e. The highest BCUT2D eigenvalue weighted by atomic mass is 16.5. The summed E-state index contributed by atoms with van der Waals surface area (Å²) in [5, 5.41) is 3.03. The molecule has 1 atom stereocenters. The Morgan fingerprint density at radius 2 is 2.17 bits per heavy atom. The van der Waals surface area contributed by atoms with Crippen molar-refractivity contribution in [1.29, 1.82) is 0 Å². The van der Waals surface area contributed by atoms with Crippen LogP contribution in [0.25, 0.3) is 0 Å².